The van der Waals surface area contributed by atoms with Crippen molar-refractivity contribution in [3.8, 4) is 0 Å². The maximum absolute atomic E-state index is 12.0. The summed E-state index contributed by atoms with van der Waals surface area (Å²) in [6.07, 6.45) is 6.93. The average Bonchev–Trinajstić information content (AvgIpc) is 2.82. The summed E-state index contributed by atoms with van der Waals surface area (Å²) in [5, 5.41) is 13.0. The summed E-state index contributed by atoms with van der Waals surface area (Å²) in [6.45, 7) is 2.71. The third kappa shape index (κ3) is 2.07. The van der Waals surface area contributed by atoms with Crippen molar-refractivity contribution in [2.75, 3.05) is 13.1 Å². The van der Waals surface area contributed by atoms with E-state index in [0.29, 0.717) is 12.0 Å². The largest absolute Gasteiger partial charge is 0.352 e. The lowest BCUT2D eigenvalue weighted by Crippen LogP contribution is -2.33. The summed E-state index contributed by atoms with van der Waals surface area (Å²) in [4.78, 5) is 12.0. The molecule has 1 spiro atoms. The van der Waals surface area contributed by atoms with Crippen molar-refractivity contribution in [3.63, 3.8) is 0 Å². The van der Waals surface area contributed by atoms with Gasteiger partial charge < -0.3 is 10.6 Å². The third-order valence-corrected chi connectivity index (χ3v) is 4.13. The fourth-order valence-electron chi connectivity index (χ4n) is 2.88. The van der Waals surface area contributed by atoms with E-state index in [0.717, 1.165) is 37.9 Å². The number of H-pyrrole nitrogens is 1. The van der Waals surface area contributed by atoms with E-state index in [1.807, 2.05) is 6.20 Å². The minimum absolute atomic E-state index is 0.216. The van der Waals surface area contributed by atoms with Gasteiger partial charge >= 0.3 is 0 Å². The van der Waals surface area contributed by atoms with Gasteiger partial charge in [-0.15, -0.1) is 0 Å². The highest BCUT2D eigenvalue weighted by molar-refractivity contribution is 5.82. The lowest BCUT2D eigenvalue weighted by Gasteiger charge is -2.23. The number of hydrogen-bond acceptors (Lipinski definition) is 3. The van der Waals surface area contributed by atoms with Gasteiger partial charge in [-0.05, 0) is 37.8 Å². The van der Waals surface area contributed by atoms with Crippen LogP contribution in [0.2, 0.25) is 0 Å². The Morgan fingerprint density at radius 2 is 2.35 bits per heavy atom. The zero-order valence-corrected chi connectivity index (χ0v) is 9.83. The van der Waals surface area contributed by atoms with Gasteiger partial charge in [0.15, 0.2) is 0 Å². The standard InChI is InChI=1S/C12H18N4O/c17-11(14-6-9-7-15-16-8-9)10-5-12(10)1-3-13-4-2-12/h7-8,10,13H,1-6H2,(H,14,17)(H,15,16). The van der Waals surface area contributed by atoms with Crippen LogP contribution in [0.1, 0.15) is 24.8 Å². The number of nitrogens with one attached hydrogen (secondary N) is 3. The summed E-state index contributed by atoms with van der Waals surface area (Å²) >= 11 is 0. The number of amides is 1. The van der Waals surface area contributed by atoms with Crippen molar-refractivity contribution >= 4 is 5.91 Å². The summed E-state index contributed by atoms with van der Waals surface area (Å²) in [7, 11) is 0. The predicted molar refractivity (Wildman–Crippen MR) is 63.1 cm³/mol. The number of nitrogens with zero attached hydrogens (tertiary/aromatic N) is 1. The monoisotopic (exact) mass is 234 g/mol. The van der Waals surface area contributed by atoms with Gasteiger partial charge in [0.1, 0.15) is 0 Å². The molecule has 1 aromatic rings. The van der Waals surface area contributed by atoms with Gasteiger partial charge in [0.2, 0.25) is 5.91 Å². The fraction of sp³-hybridized carbons (Fsp3) is 0.667. The highest BCUT2D eigenvalue weighted by Crippen LogP contribution is 2.58. The Morgan fingerprint density at radius 3 is 3.06 bits per heavy atom. The Balaban J connectivity index is 1.51. The Hall–Kier alpha value is -1.36. The molecule has 2 fully saturated rings. The molecule has 1 amide bonds. The molecule has 0 bridgehead atoms. The first-order valence-electron chi connectivity index (χ1n) is 6.26. The topological polar surface area (TPSA) is 69.8 Å². The molecule has 3 rings (SSSR count). The van der Waals surface area contributed by atoms with Gasteiger partial charge in [-0.2, -0.15) is 5.10 Å². The molecule has 0 aromatic carbocycles. The van der Waals surface area contributed by atoms with Gasteiger partial charge in [0.25, 0.3) is 0 Å². The van der Waals surface area contributed by atoms with Gasteiger partial charge in [-0.1, -0.05) is 0 Å². The highest BCUT2D eigenvalue weighted by Gasteiger charge is 2.57. The van der Waals surface area contributed by atoms with Gasteiger partial charge in [0.05, 0.1) is 6.20 Å². The molecule has 17 heavy (non-hydrogen) atoms. The Kier molecular flexibility index (Phi) is 2.63. The lowest BCUT2D eigenvalue weighted by atomic mass is 9.92. The van der Waals surface area contributed by atoms with Crippen LogP contribution in [0.5, 0.6) is 0 Å². The smallest absolute Gasteiger partial charge is 0.223 e. The number of piperidine rings is 1. The molecule has 92 valence electrons. The molecule has 1 saturated heterocycles. The molecule has 3 N–H and O–H groups in total. The molecule has 5 nitrogen and oxygen atoms in total. The van der Waals surface area contributed by atoms with Crippen molar-refractivity contribution in [1.82, 2.24) is 20.8 Å². The predicted octanol–water partition coefficient (Wildman–Crippen LogP) is 0.416. The van der Waals surface area contributed by atoms with Crippen LogP contribution >= 0.6 is 0 Å². The van der Waals surface area contributed by atoms with Crippen molar-refractivity contribution in [2.24, 2.45) is 11.3 Å². The second kappa shape index (κ2) is 4.14. The minimum atomic E-state index is 0.216. The average molecular weight is 234 g/mol. The van der Waals surface area contributed by atoms with E-state index in [9.17, 15) is 4.79 Å². The summed E-state index contributed by atoms with van der Waals surface area (Å²) in [5.41, 5.74) is 1.35. The number of rotatable bonds is 3. The van der Waals surface area contributed by atoms with E-state index in [-0.39, 0.29) is 11.8 Å². The molecule has 2 aliphatic rings. The molecule has 1 aromatic heterocycles. The van der Waals surface area contributed by atoms with E-state index in [1.54, 1.807) is 6.20 Å². The normalized spacial score (nSPS) is 25.8. The van der Waals surface area contributed by atoms with Crippen LogP contribution in [0.15, 0.2) is 12.4 Å². The molecule has 2 heterocycles. The maximum Gasteiger partial charge on any atom is 0.223 e. The summed E-state index contributed by atoms with van der Waals surface area (Å²) < 4.78 is 0. The van der Waals surface area contributed by atoms with E-state index < -0.39 is 0 Å². The molecule has 1 atom stereocenters. The minimum Gasteiger partial charge on any atom is -0.352 e. The number of aromatic amines is 1. The van der Waals surface area contributed by atoms with Crippen molar-refractivity contribution in [3.05, 3.63) is 18.0 Å². The van der Waals surface area contributed by atoms with Gasteiger partial charge in [-0.3, -0.25) is 9.89 Å². The molecular weight excluding hydrogens is 216 g/mol. The van der Waals surface area contributed by atoms with Crippen LogP contribution in [-0.4, -0.2) is 29.2 Å². The first kappa shape index (κ1) is 10.8. The molecule has 1 aliphatic heterocycles. The zero-order valence-electron chi connectivity index (χ0n) is 9.83. The van der Waals surface area contributed by atoms with E-state index in [2.05, 4.69) is 20.8 Å². The SMILES string of the molecule is O=C(NCc1cn[nH]c1)C1CC12CCNCC2. The number of hydrogen-bond donors (Lipinski definition) is 3. The Labute approximate surface area is 100 Å². The fourth-order valence-corrected chi connectivity index (χ4v) is 2.88. The van der Waals surface area contributed by atoms with E-state index in [4.69, 9.17) is 0 Å². The number of carbonyl (C=O) groups is 1. The van der Waals surface area contributed by atoms with E-state index in [1.165, 1.54) is 0 Å². The van der Waals surface area contributed by atoms with Crippen LogP contribution in [-0.2, 0) is 11.3 Å². The van der Waals surface area contributed by atoms with Gasteiger partial charge in [0, 0.05) is 24.2 Å². The molecule has 1 unspecified atom stereocenters. The summed E-state index contributed by atoms with van der Waals surface area (Å²) in [6, 6.07) is 0. The van der Waals surface area contributed by atoms with Crippen LogP contribution < -0.4 is 10.6 Å². The number of aromatic nitrogens is 2. The molecule has 0 radical (unpaired) electrons. The second-order valence-corrected chi connectivity index (χ2v) is 5.19. The first-order chi connectivity index (χ1) is 8.30. The second-order valence-electron chi connectivity index (χ2n) is 5.19. The van der Waals surface area contributed by atoms with Gasteiger partial charge in [-0.25, -0.2) is 0 Å². The van der Waals surface area contributed by atoms with E-state index >= 15 is 0 Å². The molecule has 5 heteroatoms. The maximum atomic E-state index is 12.0. The van der Waals surface area contributed by atoms with Crippen molar-refractivity contribution in [1.29, 1.82) is 0 Å². The highest BCUT2D eigenvalue weighted by atomic mass is 16.2. The van der Waals surface area contributed by atoms with Crippen LogP contribution in [0.3, 0.4) is 0 Å². The molecule has 1 aliphatic carbocycles. The van der Waals surface area contributed by atoms with Crippen molar-refractivity contribution in [2.45, 2.75) is 25.8 Å². The Morgan fingerprint density at radius 1 is 1.53 bits per heavy atom. The number of carbonyl (C=O) groups excluding carboxylic acids is 1. The van der Waals surface area contributed by atoms with Crippen molar-refractivity contribution < 1.29 is 4.79 Å². The quantitative estimate of drug-likeness (QED) is 0.709. The Bertz CT molecular complexity index is 395. The summed E-state index contributed by atoms with van der Waals surface area (Å²) in [5.74, 6) is 0.463. The van der Waals surface area contributed by atoms with Crippen LogP contribution in [0.25, 0.3) is 0 Å². The molecular formula is C12H18N4O. The third-order valence-electron chi connectivity index (χ3n) is 4.13. The van der Waals surface area contributed by atoms with Crippen LogP contribution in [0, 0.1) is 11.3 Å². The lowest BCUT2D eigenvalue weighted by molar-refractivity contribution is -0.123. The van der Waals surface area contributed by atoms with Crippen LogP contribution in [0.4, 0.5) is 0 Å². The molecule has 1 saturated carbocycles. The zero-order chi connectivity index (χ0) is 11.7. The first-order valence-corrected chi connectivity index (χ1v) is 6.26.